The first-order valence-electron chi connectivity index (χ1n) is 8.47. The third kappa shape index (κ3) is 8.18. The van der Waals surface area contributed by atoms with E-state index in [1.165, 1.54) is 24.8 Å². The molecule has 3 nitrogen and oxygen atoms in total. The van der Waals surface area contributed by atoms with Crippen molar-refractivity contribution < 1.29 is 14.3 Å². The third-order valence-electron chi connectivity index (χ3n) is 3.54. The third-order valence-corrected chi connectivity index (χ3v) is 3.54. The molecule has 0 saturated heterocycles. The monoisotopic (exact) mass is 306 g/mol. The van der Waals surface area contributed by atoms with Crippen LogP contribution < -0.4 is 0 Å². The fraction of sp³-hybridized carbons (Fsp3) is 0.632. The summed E-state index contributed by atoms with van der Waals surface area (Å²) in [4.78, 5) is 11.9. The summed E-state index contributed by atoms with van der Waals surface area (Å²) >= 11 is 0. The number of hydrogen-bond acceptors (Lipinski definition) is 3. The minimum atomic E-state index is -0.271. The van der Waals surface area contributed by atoms with Gasteiger partial charge in [0.25, 0.3) is 0 Å². The van der Waals surface area contributed by atoms with Crippen molar-refractivity contribution in [2.45, 2.75) is 52.9 Å². The van der Waals surface area contributed by atoms with Gasteiger partial charge in [-0.25, -0.2) is 4.79 Å². The van der Waals surface area contributed by atoms with E-state index in [0.29, 0.717) is 24.7 Å². The molecule has 0 fully saturated rings. The number of hydrogen-bond donors (Lipinski definition) is 0. The molecule has 1 aromatic carbocycles. The average molecular weight is 306 g/mol. The van der Waals surface area contributed by atoms with Crippen LogP contribution in [0.25, 0.3) is 0 Å². The van der Waals surface area contributed by atoms with Crippen LogP contribution in [-0.4, -0.2) is 25.8 Å². The molecule has 1 aromatic rings. The molecule has 22 heavy (non-hydrogen) atoms. The van der Waals surface area contributed by atoms with Crippen LogP contribution in [0.1, 0.15) is 62.4 Å². The molecule has 0 aliphatic carbocycles. The topological polar surface area (TPSA) is 35.5 Å². The van der Waals surface area contributed by atoms with Crippen LogP contribution in [0.4, 0.5) is 0 Å². The largest absolute Gasteiger partial charge is 0.460 e. The van der Waals surface area contributed by atoms with E-state index in [4.69, 9.17) is 9.47 Å². The summed E-state index contributed by atoms with van der Waals surface area (Å²) in [5.74, 6) is 0.439. The zero-order valence-corrected chi connectivity index (χ0v) is 14.3. The Balaban J connectivity index is 2.17. The molecule has 124 valence electrons. The molecule has 0 radical (unpaired) electrons. The quantitative estimate of drug-likeness (QED) is 0.441. The summed E-state index contributed by atoms with van der Waals surface area (Å²) < 4.78 is 10.7. The predicted octanol–water partition coefficient (Wildman–Crippen LogP) is 4.64. The number of carbonyl (C=O) groups is 1. The van der Waals surface area contributed by atoms with Gasteiger partial charge in [-0.2, -0.15) is 0 Å². The molecule has 0 bridgehead atoms. The molecular weight excluding hydrogens is 276 g/mol. The maximum atomic E-state index is 11.9. The summed E-state index contributed by atoms with van der Waals surface area (Å²) in [7, 11) is 0. The molecule has 0 aliphatic heterocycles. The lowest BCUT2D eigenvalue weighted by atomic mass is 10.1. The lowest BCUT2D eigenvalue weighted by Crippen LogP contribution is -2.11. The second kappa shape index (κ2) is 11.2. The van der Waals surface area contributed by atoms with Gasteiger partial charge in [0.1, 0.15) is 6.61 Å². The fourth-order valence-electron chi connectivity index (χ4n) is 2.16. The molecule has 0 N–H and O–H groups in total. The number of esters is 1. The second-order valence-electron chi connectivity index (χ2n) is 6.08. The first-order chi connectivity index (χ1) is 10.6. The van der Waals surface area contributed by atoms with Crippen LogP contribution in [-0.2, 0) is 15.9 Å². The van der Waals surface area contributed by atoms with E-state index in [1.54, 1.807) is 0 Å². The molecular formula is C19H30O3. The Labute approximate surface area is 135 Å². The maximum absolute atomic E-state index is 11.9. The highest BCUT2D eigenvalue weighted by Crippen LogP contribution is 2.09. The smallest absolute Gasteiger partial charge is 0.338 e. The number of rotatable bonds is 11. The molecule has 0 amide bonds. The SMILES string of the molecule is CCCCc1ccc(C(=O)OCCOCCCC(C)C)cc1. The van der Waals surface area contributed by atoms with Crippen LogP contribution in [0, 0.1) is 5.92 Å². The molecule has 0 atom stereocenters. The van der Waals surface area contributed by atoms with Crippen molar-refractivity contribution in [2.24, 2.45) is 5.92 Å². The highest BCUT2D eigenvalue weighted by molar-refractivity contribution is 5.89. The van der Waals surface area contributed by atoms with Gasteiger partial charge in [0, 0.05) is 6.61 Å². The summed E-state index contributed by atoms with van der Waals surface area (Å²) in [6.45, 7) is 8.11. The van der Waals surface area contributed by atoms with Gasteiger partial charge in [0.15, 0.2) is 0 Å². The zero-order chi connectivity index (χ0) is 16.2. The Morgan fingerprint density at radius 2 is 1.77 bits per heavy atom. The molecule has 0 spiro atoms. The molecule has 0 heterocycles. The van der Waals surface area contributed by atoms with E-state index in [-0.39, 0.29) is 5.97 Å². The van der Waals surface area contributed by atoms with Gasteiger partial charge in [-0.1, -0.05) is 39.3 Å². The molecule has 0 aliphatic rings. The summed E-state index contributed by atoms with van der Waals surface area (Å²) in [6, 6.07) is 7.71. The van der Waals surface area contributed by atoms with Crippen LogP contribution in [0.2, 0.25) is 0 Å². The van der Waals surface area contributed by atoms with Crippen LogP contribution in [0.5, 0.6) is 0 Å². The van der Waals surface area contributed by atoms with E-state index >= 15 is 0 Å². The van der Waals surface area contributed by atoms with Crippen molar-refractivity contribution in [2.75, 3.05) is 19.8 Å². The molecule has 3 heteroatoms. The lowest BCUT2D eigenvalue weighted by molar-refractivity contribution is 0.0310. The number of benzene rings is 1. The van der Waals surface area contributed by atoms with Crippen molar-refractivity contribution in [3.05, 3.63) is 35.4 Å². The number of carbonyl (C=O) groups excluding carboxylic acids is 1. The van der Waals surface area contributed by atoms with Gasteiger partial charge in [-0.15, -0.1) is 0 Å². The summed E-state index contributed by atoms with van der Waals surface area (Å²) in [6.07, 6.45) is 5.66. The van der Waals surface area contributed by atoms with Gasteiger partial charge in [0.2, 0.25) is 0 Å². The van der Waals surface area contributed by atoms with Gasteiger partial charge >= 0.3 is 5.97 Å². The molecule has 0 unspecified atom stereocenters. The van der Waals surface area contributed by atoms with Gasteiger partial charge in [0.05, 0.1) is 12.2 Å². The highest BCUT2D eigenvalue weighted by Gasteiger charge is 2.06. The minimum absolute atomic E-state index is 0.271. The minimum Gasteiger partial charge on any atom is -0.460 e. The summed E-state index contributed by atoms with van der Waals surface area (Å²) in [5, 5.41) is 0. The van der Waals surface area contributed by atoms with Crippen LogP contribution in [0.3, 0.4) is 0 Å². The first-order valence-corrected chi connectivity index (χ1v) is 8.47. The van der Waals surface area contributed by atoms with Gasteiger partial charge in [-0.3, -0.25) is 0 Å². The van der Waals surface area contributed by atoms with Crippen molar-refractivity contribution in [3.8, 4) is 0 Å². The Kier molecular flexibility index (Phi) is 9.56. The highest BCUT2D eigenvalue weighted by atomic mass is 16.6. The first kappa shape index (κ1) is 18.7. The van der Waals surface area contributed by atoms with Crippen molar-refractivity contribution >= 4 is 5.97 Å². The second-order valence-corrected chi connectivity index (χ2v) is 6.08. The maximum Gasteiger partial charge on any atom is 0.338 e. The van der Waals surface area contributed by atoms with E-state index < -0.39 is 0 Å². The number of aryl methyl sites for hydroxylation is 1. The molecule has 1 rings (SSSR count). The molecule has 0 saturated carbocycles. The average Bonchev–Trinajstić information content (AvgIpc) is 2.52. The Morgan fingerprint density at radius 3 is 2.41 bits per heavy atom. The lowest BCUT2D eigenvalue weighted by Gasteiger charge is -2.08. The van der Waals surface area contributed by atoms with Gasteiger partial charge in [-0.05, 0) is 49.3 Å². The van der Waals surface area contributed by atoms with E-state index in [1.807, 2.05) is 24.3 Å². The Morgan fingerprint density at radius 1 is 1.05 bits per heavy atom. The van der Waals surface area contributed by atoms with Crippen molar-refractivity contribution in [3.63, 3.8) is 0 Å². The van der Waals surface area contributed by atoms with Crippen molar-refractivity contribution in [1.29, 1.82) is 0 Å². The van der Waals surface area contributed by atoms with Crippen LogP contribution in [0.15, 0.2) is 24.3 Å². The Hall–Kier alpha value is -1.35. The van der Waals surface area contributed by atoms with E-state index in [9.17, 15) is 4.79 Å². The fourth-order valence-corrected chi connectivity index (χ4v) is 2.16. The number of ether oxygens (including phenoxy) is 2. The standard InChI is InChI=1S/C19H30O3/c1-4-5-8-17-9-11-18(12-10-17)19(20)22-15-14-21-13-6-7-16(2)3/h9-12,16H,4-8,13-15H2,1-3H3. The van der Waals surface area contributed by atoms with Gasteiger partial charge < -0.3 is 9.47 Å². The normalized spacial score (nSPS) is 10.9. The zero-order valence-electron chi connectivity index (χ0n) is 14.3. The Bertz CT molecular complexity index is 409. The van der Waals surface area contributed by atoms with Crippen molar-refractivity contribution in [1.82, 2.24) is 0 Å². The van der Waals surface area contributed by atoms with E-state index in [0.717, 1.165) is 19.4 Å². The predicted molar refractivity (Wildman–Crippen MR) is 90.2 cm³/mol. The van der Waals surface area contributed by atoms with Crippen LogP contribution >= 0.6 is 0 Å². The number of unbranched alkanes of at least 4 members (excludes halogenated alkanes) is 1. The summed E-state index contributed by atoms with van der Waals surface area (Å²) in [5.41, 5.74) is 1.88. The van der Waals surface area contributed by atoms with E-state index in [2.05, 4.69) is 20.8 Å². The molecule has 0 aromatic heterocycles.